The van der Waals surface area contributed by atoms with Crippen LogP contribution in [0, 0.1) is 6.92 Å². The smallest absolute Gasteiger partial charge is 0.329 e. The number of aryl methyl sites for hydroxylation is 1. The number of imide groups is 1. The number of nitrogens with zero attached hydrogens (tertiary/aromatic N) is 1. The quantitative estimate of drug-likeness (QED) is 0.614. The van der Waals surface area contributed by atoms with Gasteiger partial charge in [-0.15, -0.1) is 0 Å². The number of carbonyl (C=O) groups is 2. The number of rotatable bonds is 6. The molecule has 0 unspecified atom stereocenters. The fourth-order valence-electron chi connectivity index (χ4n) is 3.03. The monoisotopic (exact) mass is 382 g/mol. The minimum Gasteiger partial charge on any atom is -0.496 e. The van der Waals surface area contributed by atoms with Crippen LogP contribution in [0.3, 0.4) is 0 Å². The van der Waals surface area contributed by atoms with E-state index in [9.17, 15) is 9.59 Å². The van der Waals surface area contributed by atoms with E-state index in [1.54, 1.807) is 18.2 Å². The molecule has 0 saturated carbocycles. The Morgan fingerprint density at radius 1 is 0.964 bits per heavy atom. The largest absolute Gasteiger partial charge is 0.496 e. The molecule has 0 bridgehead atoms. The van der Waals surface area contributed by atoms with Crippen LogP contribution in [0.15, 0.2) is 42.1 Å². The Kier molecular flexibility index (Phi) is 5.54. The number of carbonyl (C=O) groups excluding carboxylic acids is 2. The summed E-state index contributed by atoms with van der Waals surface area (Å²) in [6.07, 6.45) is 1.57. The highest BCUT2D eigenvalue weighted by atomic mass is 16.5. The van der Waals surface area contributed by atoms with Gasteiger partial charge in [0.25, 0.3) is 5.91 Å². The maximum absolute atomic E-state index is 12.8. The number of benzene rings is 2. The lowest BCUT2D eigenvalue weighted by molar-refractivity contribution is -0.123. The van der Waals surface area contributed by atoms with Gasteiger partial charge in [-0.05, 0) is 24.6 Å². The average molecular weight is 382 g/mol. The third kappa shape index (κ3) is 3.78. The van der Waals surface area contributed by atoms with Crippen LogP contribution in [0.25, 0.3) is 6.08 Å². The van der Waals surface area contributed by atoms with Crippen molar-refractivity contribution in [3.05, 3.63) is 58.8 Å². The highest BCUT2D eigenvalue weighted by Gasteiger charge is 2.33. The zero-order valence-corrected chi connectivity index (χ0v) is 16.2. The molecule has 7 nitrogen and oxygen atoms in total. The topological polar surface area (TPSA) is 77.1 Å². The van der Waals surface area contributed by atoms with Gasteiger partial charge >= 0.3 is 6.03 Å². The van der Waals surface area contributed by atoms with Gasteiger partial charge in [0.15, 0.2) is 11.5 Å². The molecule has 7 heteroatoms. The van der Waals surface area contributed by atoms with Crippen molar-refractivity contribution < 1.29 is 23.8 Å². The predicted octanol–water partition coefficient (Wildman–Crippen LogP) is 3.11. The highest BCUT2D eigenvalue weighted by Crippen LogP contribution is 2.36. The van der Waals surface area contributed by atoms with E-state index in [1.807, 2.05) is 31.2 Å². The maximum Gasteiger partial charge on any atom is 0.329 e. The molecule has 3 rings (SSSR count). The summed E-state index contributed by atoms with van der Waals surface area (Å²) in [6.45, 7) is 2.16. The molecule has 1 fully saturated rings. The lowest BCUT2D eigenvalue weighted by Crippen LogP contribution is -2.30. The van der Waals surface area contributed by atoms with Crippen molar-refractivity contribution in [2.75, 3.05) is 21.3 Å². The molecule has 0 atom stereocenters. The Hall–Kier alpha value is -3.48. The molecule has 2 aromatic rings. The maximum atomic E-state index is 12.8. The number of methoxy groups -OCH3 is 3. The summed E-state index contributed by atoms with van der Waals surface area (Å²) in [6, 6.07) is 10.6. The number of ether oxygens (including phenoxy) is 3. The summed E-state index contributed by atoms with van der Waals surface area (Å²) in [7, 11) is 4.56. The zero-order valence-electron chi connectivity index (χ0n) is 16.2. The van der Waals surface area contributed by atoms with Crippen LogP contribution in [0.1, 0.15) is 16.7 Å². The third-order valence-electron chi connectivity index (χ3n) is 4.42. The minimum absolute atomic E-state index is 0.170. The first-order valence-electron chi connectivity index (χ1n) is 8.67. The summed E-state index contributed by atoms with van der Waals surface area (Å²) in [4.78, 5) is 26.3. The third-order valence-corrected chi connectivity index (χ3v) is 4.42. The Labute approximate surface area is 163 Å². The Balaban J connectivity index is 1.91. The van der Waals surface area contributed by atoms with E-state index in [0.717, 1.165) is 11.1 Å². The van der Waals surface area contributed by atoms with Crippen molar-refractivity contribution in [2.24, 2.45) is 0 Å². The van der Waals surface area contributed by atoms with E-state index in [0.29, 0.717) is 22.8 Å². The number of amides is 3. The van der Waals surface area contributed by atoms with Crippen LogP contribution in [-0.2, 0) is 11.3 Å². The molecule has 2 aromatic carbocycles. The summed E-state index contributed by atoms with van der Waals surface area (Å²) < 4.78 is 15.9. The normalized spacial score (nSPS) is 15.0. The molecule has 0 aromatic heterocycles. The van der Waals surface area contributed by atoms with E-state index in [1.165, 1.54) is 26.2 Å². The van der Waals surface area contributed by atoms with Crippen molar-refractivity contribution in [3.63, 3.8) is 0 Å². The minimum atomic E-state index is -0.461. The molecule has 146 valence electrons. The molecule has 1 N–H and O–H groups in total. The highest BCUT2D eigenvalue weighted by molar-refractivity contribution is 6.14. The van der Waals surface area contributed by atoms with Gasteiger partial charge in [-0.1, -0.05) is 29.8 Å². The fourth-order valence-corrected chi connectivity index (χ4v) is 3.03. The molecular formula is C21H22N2O5. The molecule has 0 aliphatic carbocycles. The van der Waals surface area contributed by atoms with Crippen molar-refractivity contribution in [1.29, 1.82) is 0 Å². The fraction of sp³-hybridized carbons (Fsp3) is 0.238. The molecule has 1 aliphatic heterocycles. The molecule has 1 aliphatic rings. The van der Waals surface area contributed by atoms with Gasteiger partial charge in [-0.2, -0.15) is 0 Å². The van der Waals surface area contributed by atoms with Crippen molar-refractivity contribution >= 4 is 18.0 Å². The van der Waals surface area contributed by atoms with Crippen molar-refractivity contribution in [2.45, 2.75) is 13.5 Å². The number of hydrogen-bond donors (Lipinski definition) is 1. The summed E-state index contributed by atoms with van der Waals surface area (Å²) in [5.41, 5.74) is 2.70. The second-order valence-corrected chi connectivity index (χ2v) is 6.32. The van der Waals surface area contributed by atoms with Gasteiger partial charge in [0.1, 0.15) is 11.4 Å². The van der Waals surface area contributed by atoms with Gasteiger partial charge in [-0.25, -0.2) is 4.79 Å². The first-order valence-corrected chi connectivity index (χ1v) is 8.67. The second kappa shape index (κ2) is 8.04. The van der Waals surface area contributed by atoms with Gasteiger partial charge in [0.2, 0.25) is 0 Å². The van der Waals surface area contributed by atoms with Crippen LogP contribution in [0.4, 0.5) is 4.79 Å². The van der Waals surface area contributed by atoms with Crippen molar-refractivity contribution in [3.8, 4) is 17.2 Å². The van der Waals surface area contributed by atoms with E-state index in [2.05, 4.69) is 5.32 Å². The second-order valence-electron chi connectivity index (χ2n) is 6.32. The van der Waals surface area contributed by atoms with Crippen LogP contribution >= 0.6 is 0 Å². The molecule has 0 spiro atoms. The van der Waals surface area contributed by atoms with E-state index in [4.69, 9.17) is 14.2 Å². The van der Waals surface area contributed by atoms with E-state index >= 15 is 0 Å². The van der Waals surface area contributed by atoms with E-state index in [-0.39, 0.29) is 12.2 Å². The Morgan fingerprint density at radius 2 is 1.64 bits per heavy atom. The lowest BCUT2D eigenvalue weighted by atomic mass is 10.1. The summed E-state index contributed by atoms with van der Waals surface area (Å²) in [5.74, 6) is 1.08. The predicted molar refractivity (Wildman–Crippen MR) is 104 cm³/mol. The first-order chi connectivity index (χ1) is 13.5. The van der Waals surface area contributed by atoms with Crippen LogP contribution < -0.4 is 19.5 Å². The molecule has 28 heavy (non-hydrogen) atoms. The zero-order chi connectivity index (χ0) is 20.3. The van der Waals surface area contributed by atoms with Crippen LogP contribution in [0.5, 0.6) is 17.2 Å². The Bertz CT molecular complexity index is 952. The average Bonchev–Trinajstić information content (AvgIpc) is 2.95. The summed E-state index contributed by atoms with van der Waals surface area (Å²) >= 11 is 0. The molecule has 1 heterocycles. The lowest BCUT2D eigenvalue weighted by Gasteiger charge is -2.13. The van der Waals surface area contributed by atoms with Gasteiger partial charge in [0, 0.05) is 11.6 Å². The summed E-state index contributed by atoms with van der Waals surface area (Å²) in [5, 5.41) is 2.63. The number of nitrogens with one attached hydrogen (secondary N) is 1. The van der Waals surface area contributed by atoms with Gasteiger partial charge in [0.05, 0.1) is 27.9 Å². The molecule has 1 saturated heterocycles. The first kappa shape index (κ1) is 19.3. The van der Waals surface area contributed by atoms with Gasteiger partial charge in [-0.3, -0.25) is 9.69 Å². The Morgan fingerprint density at radius 3 is 2.29 bits per heavy atom. The SMILES string of the molecule is COc1cc(OC)c(OC)cc1/C=C1/NC(=O)N(Cc2cccc(C)c2)C1=O. The number of hydrogen-bond acceptors (Lipinski definition) is 5. The van der Waals surface area contributed by atoms with Gasteiger partial charge < -0.3 is 19.5 Å². The standard InChI is InChI=1S/C21H22N2O5/c1-13-6-5-7-14(8-13)12-23-20(24)16(22-21(23)25)9-15-10-18(27-3)19(28-4)11-17(15)26-2/h5-11H,12H2,1-4H3,(H,22,25)/b16-9+. The molecule has 3 amide bonds. The van der Waals surface area contributed by atoms with E-state index < -0.39 is 11.9 Å². The molecule has 0 radical (unpaired) electrons. The van der Waals surface area contributed by atoms with Crippen molar-refractivity contribution in [1.82, 2.24) is 10.2 Å². The van der Waals surface area contributed by atoms with Crippen LogP contribution in [0.2, 0.25) is 0 Å². The number of urea groups is 1. The molecular weight excluding hydrogens is 360 g/mol. The van der Waals surface area contributed by atoms with Crippen LogP contribution in [-0.4, -0.2) is 38.2 Å².